The number of benzene rings is 2. The maximum absolute atomic E-state index is 13.8. The molecule has 3 N–H and O–H groups in total. The van der Waals surface area contributed by atoms with Crippen LogP contribution in [0, 0.1) is 0 Å². The lowest BCUT2D eigenvalue weighted by Gasteiger charge is -2.29. The highest BCUT2D eigenvalue weighted by Gasteiger charge is 2.35. The summed E-state index contributed by atoms with van der Waals surface area (Å²) in [5.74, 6) is -2.75. The third-order valence-electron chi connectivity index (χ3n) is 5.93. The maximum atomic E-state index is 13.8. The fraction of sp³-hybridized carbons (Fsp3) is 0.296. The molecule has 16 heteroatoms. The van der Waals surface area contributed by atoms with E-state index in [1.54, 1.807) is 18.2 Å². The number of aromatic nitrogens is 1. The fourth-order valence-electron chi connectivity index (χ4n) is 3.86. The van der Waals surface area contributed by atoms with Crippen LogP contribution in [0.3, 0.4) is 0 Å². The van der Waals surface area contributed by atoms with Gasteiger partial charge in [0, 0.05) is 44.2 Å². The number of methoxy groups -OCH3 is 1. The van der Waals surface area contributed by atoms with E-state index in [9.17, 15) is 31.1 Å². The molecule has 1 aromatic heterocycles. The molecule has 10 nitrogen and oxygen atoms in total. The van der Waals surface area contributed by atoms with E-state index >= 15 is 0 Å². The molecule has 4 rings (SSSR count). The number of hydrogen-bond donors (Lipinski definition) is 3. The lowest BCUT2D eigenvalue weighted by atomic mass is 10.1. The van der Waals surface area contributed by atoms with E-state index in [0.29, 0.717) is 24.7 Å². The molecule has 2 aromatic carbocycles. The van der Waals surface area contributed by atoms with E-state index in [1.165, 1.54) is 32.4 Å². The number of carbonyl (C=O) groups is 2. The Morgan fingerprint density at radius 3 is 2.19 bits per heavy atom. The number of morpholine rings is 1. The molecule has 0 spiro atoms. The van der Waals surface area contributed by atoms with Crippen molar-refractivity contribution >= 4 is 40.4 Å². The molecule has 1 aliphatic rings. The molecule has 43 heavy (non-hydrogen) atoms. The summed E-state index contributed by atoms with van der Waals surface area (Å²) in [5.41, 5.74) is 0.717. The third-order valence-corrected chi connectivity index (χ3v) is 5.93. The van der Waals surface area contributed by atoms with E-state index in [1.807, 2.05) is 12.1 Å². The Morgan fingerprint density at radius 2 is 1.60 bits per heavy atom. The lowest BCUT2D eigenvalue weighted by molar-refractivity contribution is -0.344. The molecule has 1 amide bonds. The number of anilines is 5. The number of pyridine rings is 1. The monoisotopic (exact) mass is 614 g/mol. The highest BCUT2D eigenvalue weighted by molar-refractivity contribution is 6.00. The van der Waals surface area contributed by atoms with Crippen LogP contribution in [0.1, 0.15) is 15.9 Å². The van der Waals surface area contributed by atoms with Gasteiger partial charge in [0.15, 0.2) is 0 Å². The minimum absolute atomic E-state index is 0.167. The van der Waals surface area contributed by atoms with Gasteiger partial charge >= 0.3 is 12.4 Å². The quantitative estimate of drug-likeness (QED) is 0.337. The second-order valence-corrected chi connectivity index (χ2v) is 8.76. The van der Waals surface area contributed by atoms with Crippen molar-refractivity contribution in [3.63, 3.8) is 0 Å². The largest absolute Gasteiger partial charge is 0.542 e. The topological polar surface area (TPSA) is 128 Å². The van der Waals surface area contributed by atoms with Crippen LogP contribution in [0.4, 0.5) is 54.9 Å². The number of nitrogens with zero attached hydrogens (tertiary/aromatic N) is 2. The number of aliphatic carboxylic acids is 1. The molecule has 0 unspecified atom stereocenters. The van der Waals surface area contributed by atoms with Gasteiger partial charge in [-0.25, -0.2) is 4.98 Å². The number of halogens is 6. The number of amides is 1. The summed E-state index contributed by atoms with van der Waals surface area (Å²) >= 11 is 0. The zero-order valence-electron chi connectivity index (χ0n) is 22.7. The van der Waals surface area contributed by atoms with Crippen molar-refractivity contribution in [3.05, 3.63) is 65.9 Å². The molecule has 0 saturated carbocycles. The molecule has 2 heterocycles. The molecule has 1 fully saturated rings. The Bertz CT molecular complexity index is 1430. The van der Waals surface area contributed by atoms with Crippen molar-refractivity contribution < 1.29 is 50.5 Å². The van der Waals surface area contributed by atoms with Gasteiger partial charge in [0.2, 0.25) is 0 Å². The summed E-state index contributed by atoms with van der Waals surface area (Å²) < 4.78 is 83.7. The first-order valence-electron chi connectivity index (χ1n) is 12.5. The van der Waals surface area contributed by atoms with Crippen molar-refractivity contribution in [1.29, 1.82) is 0 Å². The number of para-hydroxylation sites is 1. The van der Waals surface area contributed by atoms with Gasteiger partial charge in [0.1, 0.15) is 17.5 Å². The van der Waals surface area contributed by atoms with Gasteiger partial charge in [-0.1, -0.05) is 12.1 Å². The molecule has 0 radical (unpaired) electrons. The Kier molecular flexibility index (Phi) is 10.6. The van der Waals surface area contributed by atoms with Crippen LogP contribution in [0.5, 0.6) is 5.75 Å². The maximum Gasteiger partial charge on any atom is 0.430 e. The van der Waals surface area contributed by atoms with Crippen LogP contribution in [-0.4, -0.2) is 63.5 Å². The third kappa shape index (κ3) is 8.88. The van der Waals surface area contributed by atoms with Gasteiger partial charge in [-0.2, -0.15) is 26.3 Å². The second-order valence-electron chi connectivity index (χ2n) is 8.76. The highest BCUT2D eigenvalue weighted by Crippen LogP contribution is 2.38. The Morgan fingerprint density at radius 1 is 0.953 bits per heavy atom. The van der Waals surface area contributed by atoms with Crippen LogP contribution in [0.25, 0.3) is 0 Å². The van der Waals surface area contributed by atoms with Crippen LogP contribution in [0.15, 0.2) is 54.7 Å². The van der Waals surface area contributed by atoms with E-state index in [2.05, 4.69) is 25.8 Å². The summed E-state index contributed by atoms with van der Waals surface area (Å²) in [6.07, 6.45) is -9.10. The van der Waals surface area contributed by atoms with Gasteiger partial charge < -0.3 is 40.2 Å². The number of ether oxygens (including phenoxy) is 2. The molecule has 0 atom stereocenters. The molecular weight excluding hydrogens is 588 g/mol. The van der Waals surface area contributed by atoms with E-state index in [0.717, 1.165) is 25.0 Å². The number of alkyl halides is 6. The van der Waals surface area contributed by atoms with Crippen molar-refractivity contribution in [1.82, 2.24) is 10.3 Å². The predicted octanol–water partition coefficient (Wildman–Crippen LogP) is 4.09. The zero-order valence-corrected chi connectivity index (χ0v) is 22.7. The van der Waals surface area contributed by atoms with Gasteiger partial charge in [-0.3, -0.25) is 4.79 Å². The smallest absolute Gasteiger partial charge is 0.430 e. The number of carbonyl (C=O) groups excluding carboxylic acids is 2. The second kappa shape index (κ2) is 14.0. The number of rotatable bonds is 7. The SMILES string of the molecule is CNC(=O)c1ccccc1Nc1cc(Nc2ccc(N3CCOCC3)cc2OC)ncc1C(F)(F)F.O=C([O-])C(F)(F)F. The summed E-state index contributed by atoms with van der Waals surface area (Å²) in [6, 6.07) is 13.1. The summed E-state index contributed by atoms with van der Waals surface area (Å²) in [4.78, 5) is 27.1. The average Bonchev–Trinajstić information content (AvgIpc) is 2.97. The molecule has 0 aliphatic carbocycles. The van der Waals surface area contributed by atoms with Gasteiger partial charge in [-0.15, -0.1) is 0 Å². The average molecular weight is 615 g/mol. The number of nitrogens with one attached hydrogen (secondary N) is 3. The first-order chi connectivity index (χ1) is 20.2. The standard InChI is InChI=1S/C25H26F3N5O3.C2HF3O2/c1-29-24(34)17-5-3-4-6-19(17)31-21-14-23(30-15-18(21)25(26,27)28)32-20-8-7-16(13-22(20)35-2)33-9-11-36-12-10-33;3-2(4,5)1(6)7/h3-8,13-15H,9-12H2,1-2H3,(H,29,34)(H2,30,31,32);(H,6,7)/p-1. The van der Waals surface area contributed by atoms with Crippen molar-refractivity contribution in [2.24, 2.45) is 0 Å². The number of carboxylic acid groups (broad SMARTS) is 1. The molecule has 1 saturated heterocycles. The van der Waals surface area contributed by atoms with E-state index < -0.39 is 29.8 Å². The van der Waals surface area contributed by atoms with E-state index in [-0.39, 0.29) is 22.8 Å². The molecule has 3 aromatic rings. The van der Waals surface area contributed by atoms with Crippen molar-refractivity contribution in [2.75, 3.05) is 56.0 Å². The fourth-order valence-corrected chi connectivity index (χ4v) is 3.86. The highest BCUT2D eigenvalue weighted by atomic mass is 19.4. The first kappa shape index (κ1) is 32.8. The summed E-state index contributed by atoms with van der Waals surface area (Å²) in [5, 5.41) is 17.1. The summed E-state index contributed by atoms with van der Waals surface area (Å²) in [7, 11) is 2.97. The first-order valence-corrected chi connectivity index (χ1v) is 12.5. The van der Waals surface area contributed by atoms with Crippen LogP contribution in [-0.2, 0) is 15.7 Å². The minimum atomic E-state index is -5.19. The van der Waals surface area contributed by atoms with Crippen LogP contribution < -0.4 is 30.7 Å². The molecule has 1 aliphatic heterocycles. The Balaban J connectivity index is 0.000000646. The molecule has 0 bridgehead atoms. The Hall–Kier alpha value is -4.73. The number of hydrogen-bond acceptors (Lipinski definition) is 9. The summed E-state index contributed by atoms with van der Waals surface area (Å²) in [6.45, 7) is 2.78. The van der Waals surface area contributed by atoms with E-state index in [4.69, 9.17) is 19.4 Å². The van der Waals surface area contributed by atoms with Crippen LogP contribution >= 0.6 is 0 Å². The predicted molar refractivity (Wildman–Crippen MR) is 143 cm³/mol. The minimum Gasteiger partial charge on any atom is -0.542 e. The zero-order chi connectivity index (χ0) is 31.8. The molecule has 232 valence electrons. The normalized spacial score (nSPS) is 13.3. The van der Waals surface area contributed by atoms with Crippen LogP contribution in [0.2, 0.25) is 0 Å². The van der Waals surface area contributed by atoms with Crippen molar-refractivity contribution in [2.45, 2.75) is 12.4 Å². The molecular formula is C27H26F6N5O5-. The van der Waals surface area contributed by atoms with Gasteiger partial charge in [0.05, 0.1) is 48.5 Å². The van der Waals surface area contributed by atoms with Gasteiger partial charge in [-0.05, 0) is 24.3 Å². The van der Waals surface area contributed by atoms with Crippen molar-refractivity contribution in [3.8, 4) is 5.75 Å². The lowest BCUT2D eigenvalue weighted by Crippen LogP contribution is -2.37. The number of carboxylic acids is 1. The van der Waals surface area contributed by atoms with Gasteiger partial charge in [0.25, 0.3) is 5.91 Å². The Labute approximate surface area is 241 Å².